The molecule has 0 saturated heterocycles. The van der Waals surface area contributed by atoms with E-state index in [1.165, 1.54) is 0 Å². The van der Waals surface area contributed by atoms with E-state index in [1.54, 1.807) is 49.1 Å². The average Bonchev–Trinajstić information content (AvgIpc) is 2.98. The van der Waals surface area contributed by atoms with Crippen molar-refractivity contribution in [3.63, 3.8) is 0 Å². The Hall–Kier alpha value is -4.54. The lowest BCUT2D eigenvalue weighted by atomic mass is 10.3. The summed E-state index contributed by atoms with van der Waals surface area (Å²) in [6.45, 7) is 2.78. The summed E-state index contributed by atoms with van der Waals surface area (Å²) in [7, 11) is 0. The molecule has 0 spiro atoms. The SMILES string of the molecule is c1cc(N=Nc2ccc(OCCOCCOCCOc3ccc(N=Nc4ccncc4)cc3)cc2)ccn1. The second kappa shape index (κ2) is 15.5. The molecular formula is C28H28N6O4. The third-order valence-corrected chi connectivity index (χ3v) is 4.93. The van der Waals surface area contributed by atoms with Crippen LogP contribution in [-0.4, -0.2) is 49.6 Å². The van der Waals surface area contributed by atoms with E-state index in [0.717, 1.165) is 34.2 Å². The van der Waals surface area contributed by atoms with Gasteiger partial charge in [-0.25, -0.2) is 0 Å². The molecule has 0 unspecified atom stereocenters. The third kappa shape index (κ3) is 9.84. The van der Waals surface area contributed by atoms with E-state index in [1.807, 2.05) is 48.5 Å². The fraction of sp³-hybridized carbons (Fsp3) is 0.214. The fourth-order valence-corrected chi connectivity index (χ4v) is 3.03. The predicted molar refractivity (Wildman–Crippen MR) is 142 cm³/mol. The maximum atomic E-state index is 5.68. The number of ether oxygens (including phenoxy) is 4. The van der Waals surface area contributed by atoms with Gasteiger partial charge in [-0.3, -0.25) is 9.97 Å². The van der Waals surface area contributed by atoms with Crippen LogP contribution in [0.1, 0.15) is 0 Å². The van der Waals surface area contributed by atoms with E-state index in [0.29, 0.717) is 39.6 Å². The summed E-state index contributed by atoms with van der Waals surface area (Å²) in [5, 5.41) is 16.7. The molecule has 0 atom stereocenters. The molecule has 0 fully saturated rings. The summed E-state index contributed by atoms with van der Waals surface area (Å²) in [5.41, 5.74) is 2.99. The molecule has 2 aromatic carbocycles. The van der Waals surface area contributed by atoms with Crippen LogP contribution in [0.4, 0.5) is 22.7 Å². The van der Waals surface area contributed by atoms with Gasteiger partial charge in [0.15, 0.2) is 0 Å². The molecule has 0 aliphatic rings. The minimum absolute atomic E-state index is 0.444. The highest BCUT2D eigenvalue weighted by Crippen LogP contribution is 2.22. The van der Waals surface area contributed by atoms with Crippen LogP contribution in [0.2, 0.25) is 0 Å². The van der Waals surface area contributed by atoms with Crippen LogP contribution < -0.4 is 9.47 Å². The Labute approximate surface area is 221 Å². The van der Waals surface area contributed by atoms with Gasteiger partial charge in [-0.15, -0.1) is 0 Å². The van der Waals surface area contributed by atoms with Crippen LogP contribution in [-0.2, 0) is 9.47 Å². The Kier molecular flexibility index (Phi) is 10.8. The number of aromatic nitrogens is 2. The number of nitrogens with zero attached hydrogens (tertiary/aromatic N) is 6. The van der Waals surface area contributed by atoms with Crippen LogP contribution in [0.5, 0.6) is 11.5 Å². The van der Waals surface area contributed by atoms with Crippen molar-refractivity contribution >= 4 is 22.7 Å². The Bertz CT molecular complexity index is 1150. The minimum Gasteiger partial charge on any atom is -0.491 e. The largest absolute Gasteiger partial charge is 0.491 e. The molecule has 4 aromatic rings. The van der Waals surface area contributed by atoms with Gasteiger partial charge in [0.05, 0.1) is 49.2 Å². The lowest BCUT2D eigenvalue weighted by Crippen LogP contribution is -2.13. The Morgan fingerprint density at radius 1 is 0.395 bits per heavy atom. The molecule has 4 rings (SSSR count). The number of hydrogen-bond donors (Lipinski definition) is 0. The Morgan fingerprint density at radius 2 is 0.711 bits per heavy atom. The zero-order valence-corrected chi connectivity index (χ0v) is 20.8. The Morgan fingerprint density at radius 3 is 1.08 bits per heavy atom. The lowest BCUT2D eigenvalue weighted by Gasteiger charge is -2.09. The summed E-state index contributed by atoms with van der Waals surface area (Å²) in [5.74, 6) is 1.49. The van der Waals surface area contributed by atoms with Crippen molar-refractivity contribution in [3.8, 4) is 11.5 Å². The van der Waals surface area contributed by atoms with Gasteiger partial charge >= 0.3 is 0 Å². The molecule has 0 aliphatic carbocycles. The second-order valence-corrected chi connectivity index (χ2v) is 7.72. The first-order valence-electron chi connectivity index (χ1n) is 12.1. The highest BCUT2D eigenvalue weighted by molar-refractivity contribution is 5.43. The van der Waals surface area contributed by atoms with E-state index in [2.05, 4.69) is 30.4 Å². The number of benzene rings is 2. The first kappa shape index (κ1) is 26.5. The normalized spacial score (nSPS) is 11.3. The van der Waals surface area contributed by atoms with E-state index in [9.17, 15) is 0 Å². The van der Waals surface area contributed by atoms with Crippen molar-refractivity contribution < 1.29 is 18.9 Å². The molecule has 0 N–H and O–H groups in total. The first-order chi connectivity index (χ1) is 18.8. The van der Waals surface area contributed by atoms with Crippen molar-refractivity contribution in [2.24, 2.45) is 20.5 Å². The van der Waals surface area contributed by atoms with E-state index >= 15 is 0 Å². The highest BCUT2D eigenvalue weighted by Gasteiger charge is 1.98. The predicted octanol–water partition coefficient (Wildman–Crippen LogP) is 6.80. The topological polar surface area (TPSA) is 112 Å². The maximum absolute atomic E-state index is 5.68. The minimum atomic E-state index is 0.444. The number of rotatable bonds is 15. The summed E-state index contributed by atoms with van der Waals surface area (Å²) in [6.07, 6.45) is 6.71. The molecule has 0 radical (unpaired) electrons. The van der Waals surface area contributed by atoms with Crippen LogP contribution in [0.3, 0.4) is 0 Å². The molecule has 0 amide bonds. The Balaban J connectivity index is 1.00. The monoisotopic (exact) mass is 512 g/mol. The first-order valence-corrected chi connectivity index (χ1v) is 12.1. The smallest absolute Gasteiger partial charge is 0.119 e. The molecule has 2 heterocycles. The third-order valence-electron chi connectivity index (χ3n) is 4.93. The fourth-order valence-electron chi connectivity index (χ4n) is 3.03. The van der Waals surface area contributed by atoms with Crippen molar-refractivity contribution in [1.29, 1.82) is 0 Å². The molecule has 0 bridgehead atoms. The van der Waals surface area contributed by atoms with Crippen molar-refractivity contribution in [1.82, 2.24) is 9.97 Å². The summed E-state index contributed by atoms with van der Waals surface area (Å²) >= 11 is 0. The lowest BCUT2D eigenvalue weighted by molar-refractivity contribution is 0.0273. The van der Waals surface area contributed by atoms with Gasteiger partial charge in [0.2, 0.25) is 0 Å². The molecule has 10 heteroatoms. The number of pyridine rings is 2. The van der Waals surface area contributed by atoms with Crippen molar-refractivity contribution in [3.05, 3.63) is 97.6 Å². The molecule has 2 aromatic heterocycles. The van der Waals surface area contributed by atoms with E-state index in [-0.39, 0.29) is 0 Å². The molecular weight excluding hydrogens is 484 g/mol. The highest BCUT2D eigenvalue weighted by atomic mass is 16.6. The van der Waals surface area contributed by atoms with Crippen LogP contribution >= 0.6 is 0 Å². The zero-order chi connectivity index (χ0) is 26.1. The molecule has 0 aliphatic heterocycles. The van der Waals surface area contributed by atoms with Gasteiger partial charge in [0, 0.05) is 24.8 Å². The van der Waals surface area contributed by atoms with Gasteiger partial charge in [0.25, 0.3) is 0 Å². The van der Waals surface area contributed by atoms with Gasteiger partial charge in [-0.05, 0) is 72.8 Å². The quantitative estimate of drug-likeness (QED) is 0.128. The van der Waals surface area contributed by atoms with Gasteiger partial charge < -0.3 is 18.9 Å². The van der Waals surface area contributed by atoms with E-state index in [4.69, 9.17) is 18.9 Å². The van der Waals surface area contributed by atoms with Crippen LogP contribution in [0.15, 0.2) is 118 Å². The van der Waals surface area contributed by atoms with Gasteiger partial charge in [0.1, 0.15) is 24.7 Å². The van der Waals surface area contributed by atoms with Crippen molar-refractivity contribution in [2.75, 3.05) is 39.6 Å². The molecule has 194 valence electrons. The molecule has 38 heavy (non-hydrogen) atoms. The number of hydrogen-bond acceptors (Lipinski definition) is 10. The second-order valence-electron chi connectivity index (χ2n) is 7.72. The zero-order valence-electron chi connectivity index (χ0n) is 20.8. The van der Waals surface area contributed by atoms with Crippen molar-refractivity contribution in [2.45, 2.75) is 0 Å². The van der Waals surface area contributed by atoms with Crippen LogP contribution in [0, 0.1) is 0 Å². The number of azo groups is 2. The van der Waals surface area contributed by atoms with E-state index < -0.39 is 0 Å². The van der Waals surface area contributed by atoms with Crippen LogP contribution in [0.25, 0.3) is 0 Å². The molecule has 0 saturated carbocycles. The average molecular weight is 513 g/mol. The van der Waals surface area contributed by atoms with Gasteiger partial charge in [-0.1, -0.05) is 0 Å². The summed E-state index contributed by atoms with van der Waals surface area (Å²) in [6, 6.07) is 22.0. The molecule has 10 nitrogen and oxygen atoms in total. The van der Waals surface area contributed by atoms with Gasteiger partial charge in [-0.2, -0.15) is 20.5 Å². The maximum Gasteiger partial charge on any atom is 0.119 e. The summed E-state index contributed by atoms with van der Waals surface area (Å²) in [4.78, 5) is 7.91. The summed E-state index contributed by atoms with van der Waals surface area (Å²) < 4.78 is 22.5. The standard InChI is InChI=1S/C28H28N6O4/c1-5-27(6-2-23(1)31-33-25-9-13-29-14-10-25)37-21-19-35-17-18-36-20-22-38-28-7-3-24(4-8-28)32-34-26-11-15-30-16-12-26/h1-16H,17-22H2.